The SMILES string of the molecule is NC1(c2ccc(-c3cc4ccncc4n3-c3ccccc3)cc2)CCC1. The number of rotatable bonds is 3. The Bertz CT molecular complexity index is 1060. The van der Waals surface area contributed by atoms with Crippen LogP contribution >= 0.6 is 0 Å². The summed E-state index contributed by atoms with van der Waals surface area (Å²) in [6.07, 6.45) is 7.18. The van der Waals surface area contributed by atoms with Gasteiger partial charge >= 0.3 is 0 Å². The van der Waals surface area contributed by atoms with Gasteiger partial charge in [0.05, 0.1) is 17.4 Å². The number of aromatic nitrogens is 2. The summed E-state index contributed by atoms with van der Waals surface area (Å²) >= 11 is 0. The van der Waals surface area contributed by atoms with E-state index in [1.807, 2.05) is 18.5 Å². The fourth-order valence-corrected chi connectivity index (χ4v) is 3.93. The summed E-state index contributed by atoms with van der Waals surface area (Å²) in [6, 6.07) is 23.5. The molecule has 0 spiro atoms. The molecule has 2 aromatic heterocycles. The van der Waals surface area contributed by atoms with E-state index in [9.17, 15) is 0 Å². The van der Waals surface area contributed by atoms with Crippen molar-refractivity contribution in [3.8, 4) is 16.9 Å². The Balaban J connectivity index is 1.67. The number of fused-ring (bicyclic) bond motifs is 1. The number of nitrogens with zero attached hydrogens (tertiary/aromatic N) is 2. The van der Waals surface area contributed by atoms with Crippen LogP contribution in [-0.2, 0) is 5.54 Å². The first-order chi connectivity index (χ1) is 12.7. The summed E-state index contributed by atoms with van der Waals surface area (Å²) in [5.41, 5.74) is 12.2. The van der Waals surface area contributed by atoms with Crippen molar-refractivity contribution in [2.45, 2.75) is 24.8 Å². The maximum absolute atomic E-state index is 6.48. The molecule has 1 fully saturated rings. The van der Waals surface area contributed by atoms with Gasteiger partial charge in [-0.1, -0.05) is 42.5 Å². The van der Waals surface area contributed by atoms with Gasteiger partial charge in [-0.25, -0.2) is 0 Å². The first-order valence-corrected chi connectivity index (χ1v) is 9.15. The van der Waals surface area contributed by atoms with Crippen molar-refractivity contribution < 1.29 is 0 Å². The molecule has 26 heavy (non-hydrogen) atoms. The zero-order chi connectivity index (χ0) is 17.6. The number of para-hydroxylation sites is 1. The average Bonchev–Trinajstić information content (AvgIpc) is 3.06. The molecule has 0 radical (unpaired) electrons. The fourth-order valence-electron chi connectivity index (χ4n) is 3.93. The molecule has 1 saturated carbocycles. The predicted octanol–water partition coefficient (Wildman–Crippen LogP) is 5.03. The molecule has 2 heterocycles. The second-order valence-corrected chi connectivity index (χ2v) is 7.22. The van der Waals surface area contributed by atoms with E-state index in [2.05, 4.69) is 70.2 Å². The van der Waals surface area contributed by atoms with Gasteiger partial charge in [-0.2, -0.15) is 0 Å². The normalized spacial score (nSPS) is 15.7. The van der Waals surface area contributed by atoms with Crippen LogP contribution in [-0.4, -0.2) is 9.55 Å². The van der Waals surface area contributed by atoms with Crippen molar-refractivity contribution in [1.29, 1.82) is 0 Å². The number of hydrogen-bond donors (Lipinski definition) is 1. The van der Waals surface area contributed by atoms with Crippen LogP contribution in [0.25, 0.3) is 27.8 Å². The smallest absolute Gasteiger partial charge is 0.0718 e. The minimum absolute atomic E-state index is 0.116. The van der Waals surface area contributed by atoms with Gasteiger partial charge in [-0.05, 0) is 54.7 Å². The Morgan fingerprint density at radius 3 is 2.38 bits per heavy atom. The van der Waals surface area contributed by atoms with Crippen molar-refractivity contribution in [2.24, 2.45) is 5.73 Å². The number of pyridine rings is 1. The molecule has 2 aromatic carbocycles. The molecule has 5 rings (SSSR count). The summed E-state index contributed by atoms with van der Waals surface area (Å²) in [4.78, 5) is 4.33. The summed E-state index contributed by atoms with van der Waals surface area (Å²) in [5, 5.41) is 1.19. The molecule has 0 saturated heterocycles. The predicted molar refractivity (Wildman–Crippen MR) is 106 cm³/mol. The van der Waals surface area contributed by atoms with Crippen molar-refractivity contribution in [2.75, 3.05) is 0 Å². The molecule has 1 aliphatic rings. The zero-order valence-electron chi connectivity index (χ0n) is 14.6. The van der Waals surface area contributed by atoms with Crippen molar-refractivity contribution >= 4 is 10.9 Å². The first-order valence-electron chi connectivity index (χ1n) is 9.15. The van der Waals surface area contributed by atoms with E-state index in [0.717, 1.165) is 24.0 Å². The van der Waals surface area contributed by atoms with Gasteiger partial charge in [-0.3, -0.25) is 4.98 Å². The third-order valence-corrected chi connectivity index (χ3v) is 5.62. The van der Waals surface area contributed by atoms with Crippen LogP contribution in [0.4, 0.5) is 0 Å². The van der Waals surface area contributed by atoms with Crippen molar-refractivity contribution in [3.63, 3.8) is 0 Å². The van der Waals surface area contributed by atoms with Crippen LogP contribution in [0.15, 0.2) is 79.1 Å². The Labute approximate surface area is 153 Å². The standard InChI is InChI=1S/C23H21N3/c24-23(12-4-13-23)19-9-7-17(8-10-19)21-15-18-11-14-25-16-22(18)26(21)20-5-2-1-3-6-20/h1-3,5-11,14-16H,4,12-13,24H2. The van der Waals surface area contributed by atoms with E-state index >= 15 is 0 Å². The summed E-state index contributed by atoms with van der Waals surface area (Å²) in [6.45, 7) is 0. The molecule has 3 nitrogen and oxygen atoms in total. The molecular weight excluding hydrogens is 318 g/mol. The molecule has 0 unspecified atom stereocenters. The Morgan fingerprint density at radius 1 is 0.923 bits per heavy atom. The van der Waals surface area contributed by atoms with E-state index in [1.54, 1.807) is 0 Å². The molecule has 1 aliphatic carbocycles. The molecule has 0 amide bonds. The third-order valence-electron chi connectivity index (χ3n) is 5.62. The second kappa shape index (κ2) is 5.82. The molecule has 4 aromatic rings. The minimum atomic E-state index is -0.116. The lowest BCUT2D eigenvalue weighted by atomic mass is 9.72. The van der Waals surface area contributed by atoms with Crippen molar-refractivity contribution in [3.05, 3.63) is 84.7 Å². The fraction of sp³-hybridized carbons (Fsp3) is 0.174. The number of nitrogens with two attached hydrogens (primary N) is 1. The van der Waals surface area contributed by atoms with E-state index in [0.29, 0.717) is 0 Å². The summed E-state index contributed by atoms with van der Waals surface area (Å²) in [7, 11) is 0. The van der Waals surface area contributed by atoms with Gasteiger partial charge in [0.25, 0.3) is 0 Å². The van der Waals surface area contributed by atoms with Crippen LogP contribution in [0.2, 0.25) is 0 Å². The van der Waals surface area contributed by atoms with Gasteiger partial charge in [-0.15, -0.1) is 0 Å². The molecule has 3 heteroatoms. The van der Waals surface area contributed by atoms with Gasteiger partial charge in [0.15, 0.2) is 0 Å². The summed E-state index contributed by atoms with van der Waals surface area (Å²) in [5.74, 6) is 0. The lowest BCUT2D eigenvalue weighted by Gasteiger charge is -2.38. The molecule has 0 bridgehead atoms. The third kappa shape index (κ3) is 2.36. The van der Waals surface area contributed by atoms with Crippen LogP contribution in [0.3, 0.4) is 0 Å². The largest absolute Gasteiger partial charge is 0.321 e. The molecular formula is C23H21N3. The Hall–Kier alpha value is -2.91. The molecule has 0 aliphatic heterocycles. The van der Waals surface area contributed by atoms with Crippen LogP contribution in [0, 0.1) is 0 Å². The number of hydrogen-bond acceptors (Lipinski definition) is 2. The second-order valence-electron chi connectivity index (χ2n) is 7.22. The maximum Gasteiger partial charge on any atom is 0.0718 e. The highest BCUT2D eigenvalue weighted by atomic mass is 15.0. The lowest BCUT2D eigenvalue weighted by molar-refractivity contribution is 0.253. The minimum Gasteiger partial charge on any atom is -0.321 e. The molecule has 2 N–H and O–H groups in total. The average molecular weight is 339 g/mol. The maximum atomic E-state index is 6.48. The topological polar surface area (TPSA) is 43.8 Å². The van der Waals surface area contributed by atoms with Crippen LogP contribution in [0.1, 0.15) is 24.8 Å². The quantitative estimate of drug-likeness (QED) is 0.569. The number of benzene rings is 2. The summed E-state index contributed by atoms with van der Waals surface area (Å²) < 4.78 is 2.28. The lowest BCUT2D eigenvalue weighted by Crippen LogP contribution is -2.43. The first kappa shape index (κ1) is 15.4. The van der Waals surface area contributed by atoms with E-state index in [4.69, 9.17) is 5.73 Å². The highest BCUT2D eigenvalue weighted by molar-refractivity contribution is 5.88. The zero-order valence-corrected chi connectivity index (χ0v) is 14.6. The van der Waals surface area contributed by atoms with E-state index in [-0.39, 0.29) is 5.54 Å². The molecule has 0 atom stereocenters. The van der Waals surface area contributed by atoms with Crippen molar-refractivity contribution in [1.82, 2.24) is 9.55 Å². The van der Waals surface area contributed by atoms with Crippen LogP contribution in [0.5, 0.6) is 0 Å². The Kier molecular flexibility index (Phi) is 3.44. The highest BCUT2D eigenvalue weighted by Crippen LogP contribution is 2.39. The Morgan fingerprint density at radius 2 is 1.69 bits per heavy atom. The van der Waals surface area contributed by atoms with Gasteiger partial charge in [0.2, 0.25) is 0 Å². The van der Waals surface area contributed by atoms with Gasteiger partial charge < -0.3 is 10.3 Å². The van der Waals surface area contributed by atoms with E-state index < -0.39 is 0 Å². The monoisotopic (exact) mass is 339 g/mol. The van der Waals surface area contributed by atoms with Gasteiger partial charge in [0.1, 0.15) is 0 Å². The molecule has 128 valence electrons. The van der Waals surface area contributed by atoms with E-state index in [1.165, 1.54) is 28.6 Å². The highest BCUT2D eigenvalue weighted by Gasteiger charge is 2.34. The van der Waals surface area contributed by atoms with Gasteiger partial charge in [0, 0.05) is 22.8 Å². The van der Waals surface area contributed by atoms with Crippen LogP contribution < -0.4 is 5.73 Å².